The van der Waals surface area contributed by atoms with Crippen LogP contribution in [0.1, 0.15) is 12.6 Å². The molecule has 2 N–H and O–H groups in total. The Morgan fingerprint density at radius 1 is 1.31 bits per heavy atom. The third-order valence-electron chi connectivity index (χ3n) is 3.74. The van der Waals surface area contributed by atoms with Crippen LogP contribution in [-0.2, 0) is 16.7 Å². The van der Waals surface area contributed by atoms with Crippen LogP contribution in [0.4, 0.5) is 11.6 Å². The van der Waals surface area contributed by atoms with Crippen LogP contribution >= 0.6 is 11.3 Å². The second-order valence-electron chi connectivity index (χ2n) is 5.42. The normalized spacial score (nSPS) is 11.5. The zero-order chi connectivity index (χ0) is 18.9. The smallest absolute Gasteiger partial charge is 0.307 e. The molecule has 3 aromatic rings. The Labute approximate surface area is 153 Å². The van der Waals surface area contributed by atoms with E-state index in [-0.39, 0.29) is 15.7 Å². The molecular weight excluding hydrogens is 376 g/mol. The van der Waals surface area contributed by atoms with Crippen LogP contribution in [0.15, 0.2) is 46.2 Å². The number of thiazole rings is 1. The number of benzene rings is 1. The van der Waals surface area contributed by atoms with Gasteiger partial charge in [-0.1, -0.05) is 17.4 Å². The third kappa shape index (κ3) is 3.66. The lowest BCUT2D eigenvalue weighted by Gasteiger charge is -2.07. The van der Waals surface area contributed by atoms with Gasteiger partial charge in [-0.25, -0.2) is 9.97 Å². The first-order valence-electron chi connectivity index (χ1n) is 7.68. The molecule has 1 aromatic carbocycles. The van der Waals surface area contributed by atoms with E-state index in [0.29, 0.717) is 17.9 Å². The van der Waals surface area contributed by atoms with Crippen molar-refractivity contribution in [1.82, 2.24) is 14.5 Å². The molecule has 136 valence electrons. The largest absolute Gasteiger partial charge is 0.324 e. The average molecular weight is 392 g/mol. The zero-order valence-corrected chi connectivity index (χ0v) is 15.6. The van der Waals surface area contributed by atoms with Crippen LogP contribution in [0.5, 0.6) is 0 Å². The molecule has 0 aliphatic carbocycles. The minimum atomic E-state index is -4.30. The van der Waals surface area contributed by atoms with Crippen molar-refractivity contribution >= 4 is 33.1 Å². The highest BCUT2D eigenvalue weighted by atomic mass is 32.2. The van der Waals surface area contributed by atoms with Crippen molar-refractivity contribution in [2.24, 2.45) is 0 Å². The van der Waals surface area contributed by atoms with Gasteiger partial charge in [0, 0.05) is 24.1 Å². The van der Waals surface area contributed by atoms with Crippen molar-refractivity contribution in [3.63, 3.8) is 0 Å². The Bertz CT molecular complexity index is 1120. The van der Waals surface area contributed by atoms with Crippen LogP contribution in [0.3, 0.4) is 0 Å². The van der Waals surface area contributed by atoms with Crippen LogP contribution in [-0.4, -0.2) is 27.5 Å². The van der Waals surface area contributed by atoms with E-state index in [4.69, 9.17) is 4.55 Å². The van der Waals surface area contributed by atoms with Crippen LogP contribution in [0.25, 0.3) is 10.6 Å². The molecule has 0 unspecified atom stereocenters. The first kappa shape index (κ1) is 18.2. The van der Waals surface area contributed by atoms with E-state index < -0.39 is 10.1 Å². The molecule has 0 amide bonds. The molecule has 0 fully saturated rings. The lowest BCUT2D eigenvalue weighted by Crippen LogP contribution is -2.12. The van der Waals surface area contributed by atoms with Crippen LogP contribution in [0, 0.1) is 6.92 Å². The number of rotatable bonds is 5. The van der Waals surface area contributed by atoms with Crippen molar-refractivity contribution in [2.45, 2.75) is 25.3 Å². The molecule has 0 saturated carbocycles. The number of anilines is 2. The molecule has 10 heteroatoms. The van der Waals surface area contributed by atoms with E-state index in [9.17, 15) is 13.2 Å². The maximum atomic E-state index is 12.0. The number of nitrogens with one attached hydrogen (secondary N) is 1. The van der Waals surface area contributed by atoms with Crippen molar-refractivity contribution in [3.8, 4) is 10.6 Å². The molecular formula is C16H16N4O4S2. The summed E-state index contributed by atoms with van der Waals surface area (Å²) in [7, 11) is -4.30. The van der Waals surface area contributed by atoms with Gasteiger partial charge in [-0.15, -0.1) is 0 Å². The van der Waals surface area contributed by atoms with Gasteiger partial charge in [0.15, 0.2) is 0 Å². The van der Waals surface area contributed by atoms with Crippen molar-refractivity contribution in [3.05, 3.63) is 51.9 Å². The number of aromatic nitrogens is 3. The lowest BCUT2D eigenvalue weighted by atomic mass is 10.3. The van der Waals surface area contributed by atoms with E-state index >= 15 is 0 Å². The Morgan fingerprint density at radius 3 is 2.73 bits per heavy atom. The highest BCUT2D eigenvalue weighted by Crippen LogP contribution is 2.26. The second-order valence-corrected chi connectivity index (χ2v) is 7.80. The van der Waals surface area contributed by atoms with Gasteiger partial charge in [-0.2, -0.15) is 8.42 Å². The maximum absolute atomic E-state index is 12.0. The quantitative estimate of drug-likeness (QED) is 0.642. The summed E-state index contributed by atoms with van der Waals surface area (Å²) in [5.41, 5.74) is 1.84. The molecule has 26 heavy (non-hydrogen) atoms. The third-order valence-corrected chi connectivity index (χ3v) is 5.69. The fourth-order valence-electron chi connectivity index (χ4n) is 2.49. The molecule has 0 radical (unpaired) electrons. The van der Waals surface area contributed by atoms with Crippen molar-refractivity contribution in [2.75, 3.05) is 5.32 Å². The van der Waals surface area contributed by atoms with Crippen molar-refractivity contribution in [1.29, 1.82) is 0 Å². The fraction of sp³-hybridized carbons (Fsp3) is 0.188. The molecule has 0 atom stereocenters. The van der Waals surface area contributed by atoms with Gasteiger partial charge in [0.1, 0.15) is 0 Å². The van der Waals surface area contributed by atoms with E-state index in [2.05, 4.69) is 15.3 Å². The first-order valence-corrected chi connectivity index (χ1v) is 9.93. The molecule has 0 saturated heterocycles. The monoisotopic (exact) mass is 392 g/mol. The van der Waals surface area contributed by atoms with Crippen LogP contribution in [0.2, 0.25) is 0 Å². The summed E-state index contributed by atoms with van der Waals surface area (Å²) >= 11 is 1.12. The Balaban J connectivity index is 1.95. The summed E-state index contributed by atoms with van der Waals surface area (Å²) in [5, 5.41) is 2.90. The van der Waals surface area contributed by atoms with Gasteiger partial charge >= 0.3 is 4.87 Å². The van der Waals surface area contributed by atoms with Gasteiger partial charge in [0.25, 0.3) is 10.1 Å². The average Bonchev–Trinajstić information content (AvgIpc) is 2.88. The van der Waals surface area contributed by atoms with Gasteiger partial charge in [-0.3, -0.25) is 9.35 Å². The van der Waals surface area contributed by atoms with Gasteiger partial charge in [-0.05, 0) is 38.1 Å². The predicted octanol–water partition coefficient (Wildman–Crippen LogP) is 2.69. The van der Waals surface area contributed by atoms with Gasteiger partial charge < -0.3 is 9.88 Å². The molecule has 2 heterocycles. The Morgan fingerprint density at radius 2 is 2.08 bits per heavy atom. The predicted molar refractivity (Wildman–Crippen MR) is 99.6 cm³/mol. The molecule has 0 aliphatic rings. The molecule has 0 bridgehead atoms. The van der Waals surface area contributed by atoms with Crippen molar-refractivity contribution < 1.29 is 13.0 Å². The Kier molecular flexibility index (Phi) is 4.90. The van der Waals surface area contributed by atoms with Gasteiger partial charge in [0.2, 0.25) is 5.95 Å². The molecule has 2 aromatic heterocycles. The standard InChI is InChI=1S/C16H16N4O4S2/c1-3-20-10(2)14(25-16(20)21)13-7-8-17-15(19-13)18-11-5-4-6-12(9-11)26(22,23)24/h4-9H,3H2,1-2H3,(H,17,18,19)(H,22,23,24). The summed E-state index contributed by atoms with van der Waals surface area (Å²) in [6.07, 6.45) is 1.55. The number of hydrogen-bond acceptors (Lipinski definition) is 7. The topological polar surface area (TPSA) is 114 Å². The van der Waals surface area contributed by atoms with E-state index in [1.165, 1.54) is 18.2 Å². The maximum Gasteiger partial charge on any atom is 0.307 e. The summed E-state index contributed by atoms with van der Waals surface area (Å²) in [4.78, 5) is 21.0. The zero-order valence-electron chi connectivity index (χ0n) is 14.0. The SMILES string of the molecule is CCn1c(C)c(-c2ccnc(Nc3cccc(S(=O)(=O)O)c3)n2)sc1=O. The molecule has 8 nitrogen and oxygen atoms in total. The summed E-state index contributed by atoms with van der Waals surface area (Å²) in [5.74, 6) is 0.248. The molecule has 3 rings (SSSR count). The number of hydrogen-bond donors (Lipinski definition) is 2. The van der Waals surface area contributed by atoms with Crippen LogP contribution < -0.4 is 10.2 Å². The summed E-state index contributed by atoms with van der Waals surface area (Å²) in [6.45, 7) is 4.35. The highest BCUT2D eigenvalue weighted by Gasteiger charge is 2.14. The summed E-state index contributed by atoms with van der Waals surface area (Å²) < 4.78 is 33.3. The molecule has 0 aliphatic heterocycles. The van der Waals surface area contributed by atoms with E-state index in [1.807, 2.05) is 13.8 Å². The minimum absolute atomic E-state index is 0.0472. The Hall–Kier alpha value is -2.56. The summed E-state index contributed by atoms with van der Waals surface area (Å²) in [6, 6.07) is 7.39. The highest BCUT2D eigenvalue weighted by molar-refractivity contribution is 7.85. The number of nitrogens with zero attached hydrogens (tertiary/aromatic N) is 3. The van der Waals surface area contributed by atoms with E-state index in [0.717, 1.165) is 21.9 Å². The minimum Gasteiger partial charge on any atom is -0.324 e. The first-order chi connectivity index (χ1) is 12.3. The fourth-order valence-corrected chi connectivity index (χ4v) is 4.04. The lowest BCUT2D eigenvalue weighted by molar-refractivity contribution is 0.483. The van der Waals surface area contributed by atoms with Gasteiger partial charge in [0.05, 0.1) is 15.5 Å². The molecule has 0 spiro atoms. The second kappa shape index (κ2) is 6.98. The van der Waals surface area contributed by atoms with E-state index in [1.54, 1.807) is 22.9 Å².